The van der Waals surface area contributed by atoms with Crippen molar-refractivity contribution in [1.82, 2.24) is 10.3 Å². The van der Waals surface area contributed by atoms with Gasteiger partial charge in [0.1, 0.15) is 5.01 Å². The third-order valence-electron chi connectivity index (χ3n) is 3.62. The molecule has 1 fully saturated rings. The molecule has 0 amide bonds. The molecule has 2 nitrogen and oxygen atoms in total. The minimum atomic E-state index is 0.461. The van der Waals surface area contributed by atoms with Crippen molar-refractivity contribution in [2.75, 3.05) is 6.54 Å². The molecule has 0 bridgehead atoms. The molecular weight excluding hydrogens is 320 g/mol. The predicted molar refractivity (Wildman–Crippen MR) is 84.7 cm³/mol. The summed E-state index contributed by atoms with van der Waals surface area (Å²) in [4.78, 5) is 4.82. The van der Waals surface area contributed by atoms with Crippen molar-refractivity contribution < 1.29 is 0 Å². The largest absolute Gasteiger partial charge is 0.309 e. The summed E-state index contributed by atoms with van der Waals surface area (Å²) in [6.07, 6.45) is 2.47. The van der Waals surface area contributed by atoms with E-state index in [1.165, 1.54) is 39.7 Å². The number of rotatable bonds is 2. The Hall–Kier alpha value is -0.710. The number of hydrogen-bond acceptors (Lipinski definition) is 3. The van der Waals surface area contributed by atoms with E-state index in [2.05, 4.69) is 52.6 Å². The summed E-state index contributed by atoms with van der Waals surface area (Å²) in [5, 5.41) is 6.83. The third kappa shape index (κ3) is 2.62. The second-order valence-electron chi connectivity index (χ2n) is 5.15. The van der Waals surface area contributed by atoms with Gasteiger partial charge in [0.15, 0.2) is 0 Å². The summed E-state index contributed by atoms with van der Waals surface area (Å²) in [6, 6.07) is 4.88. The Morgan fingerprint density at radius 3 is 2.68 bits per heavy atom. The summed E-state index contributed by atoms with van der Waals surface area (Å²) in [6.45, 7) is 5.38. The Kier molecular flexibility index (Phi) is 3.74. The number of thiazole rings is 1. The van der Waals surface area contributed by atoms with Crippen LogP contribution in [-0.4, -0.2) is 11.5 Å². The molecule has 0 radical (unpaired) electrons. The molecule has 0 aliphatic carbocycles. The number of benzene rings is 1. The third-order valence-corrected chi connectivity index (χ3v) is 5.78. The molecule has 1 aliphatic heterocycles. The van der Waals surface area contributed by atoms with Crippen LogP contribution >= 0.6 is 27.3 Å². The van der Waals surface area contributed by atoms with Crippen LogP contribution in [0, 0.1) is 13.8 Å². The van der Waals surface area contributed by atoms with Crippen LogP contribution in [0.3, 0.4) is 0 Å². The van der Waals surface area contributed by atoms with Gasteiger partial charge in [-0.2, -0.15) is 0 Å². The summed E-state index contributed by atoms with van der Waals surface area (Å²) < 4.78 is 1.20. The number of aryl methyl sites for hydroxylation is 2. The van der Waals surface area contributed by atoms with Gasteiger partial charge in [0.2, 0.25) is 0 Å². The van der Waals surface area contributed by atoms with Gasteiger partial charge in [-0.05, 0) is 56.5 Å². The number of nitrogens with zero attached hydrogens (tertiary/aromatic N) is 1. The number of aromatic nitrogens is 1. The van der Waals surface area contributed by atoms with E-state index < -0.39 is 0 Å². The van der Waals surface area contributed by atoms with E-state index in [9.17, 15) is 0 Å². The molecule has 1 aromatic heterocycles. The van der Waals surface area contributed by atoms with E-state index in [4.69, 9.17) is 4.98 Å². The lowest BCUT2D eigenvalue weighted by Gasteiger charge is -2.07. The quantitative estimate of drug-likeness (QED) is 0.865. The predicted octanol–water partition coefficient (Wildman–Crippen LogP) is 4.61. The molecular formula is C15H17BrN2S. The van der Waals surface area contributed by atoms with Crippen LogP contribution in [0.4, 0.5) is 0 Å². The van der Waals surface area contributed by atoms with Crippen molar-refractivity contribution in [2.45, 2.75) is 32.7 Å². The van der Waals surface area contributed by atoms with Crippen LogP contribution in [0.1, 0.15) is 35.7 Å². The SMILES string of the molecule is Cc1cc(-c2nc([C@@H]3CCCN3)cs2)cc(C)c1Br. The summed E-state index contributed by atoms with van der Waals surface area (Å²) >= 11 is 5.36. The lowest BCUT2D eigenvalue weighted by molar-refractivity contribution is 0.632. The second-order valence-corrected chi connectivity index (χ2v) is 6.80. The van der Waals surface area contributed by atoms with Gasteiger partial charge in [-0.15, -0.1) is 11.3 Å². The molecule has 2 heterocycles. The Morgan fingerprint density at radius 1 is 1.32 bits per heavy atom. The number of hydrogen-bond donors (Lipinski definition) is 1. The van der Waals surface area contributed by atoms with E-state index in [0.717, 1.165) is 11.6 Å². The number of halogens is 1. The highest BCUT2D eigenvalue weighted by atomic mass is 79.9. The normalized spacial score (nSPS) is 19.0. The van der Waals surface area contributed by atoms with E-state index >= 15 is 0 Å². The Labute approximate surface area is 126 Å². The topological polar surface area (TPSA) is 24.9 Å². The summed E-state index contributed by atoms with van der Waals surface area (Å²) in [7, 11) is 0. The molecule has 1 aliphatic rings. The van der Waals surface area contributed by atoms with Gasteiger partial charge in [0, 0.05) is 15.4 Å². The number of nitrogens with one attached hydrogen (secondary N) is 1. The highest BCUT2D eigenvalue weighted by Crippen LogP contribution is 2.32. The fraction of sp³-hybridized carbons (Fsp3) is 0.400. The van der Waals surface area contributed by atoms with E-state index in [1.54, 1.807) is 11.3 Å². The van der Waals surface area contributed by atoms with Crippen molar-refractivity contribution in [3.63, 3.8) is 0 Å². The van der Waals surface area contributed by atoms with Crippen molar-refractivity contribution in [1.29, 1.82) is 0 Å². The van der Waals surface area contributed by atoms with E-state index in [-0.39, 0.29) is 0 Å². The van der Waals surface area contributed by atoms with Crippen molar-refractivity contribution in [3.05, 3.63) is 38.8 Å². The van der Waals surface area contributed by atoms with Crippen LogP contribution in [-0.2, 0) is 0 Å². The molecule has 3 rings (SSSR count). The van der Waals surface area contributed by atoms with Crippen molar-refractivity contribution >= 4 is 27.3 Å². The molecule has 100 valence electrons. The molecule has 19 heavy (non-hydrogen) atoms. The molecule has 1 atom stereocenters. The molecule has 4 heteroatoms. The van der Waals surface area contributed by atoms with Crippen LogP contribution in [0.25, 0.3) is 10.6 Å². The zero-order chi connectivity index (χ0) is 13.4. The Morgan fingerprint density at radius 2 is 2.05 bits per heavy atom. The first-order valence-corrected chi connectivity index (χ1v) is 8.28. The first-order valence-electron chi connectivity index (χ1n) is 6.61. The zero-order valence-corrected chi connectivity index (χ0v) is 13.6. The fourth-order valence-electron chi connectivity index (χ4n) is 2.59. The maximum atomic E-state index is 4.82. The lowest BCUT2D eigenvalue weighted by atomic mass is 10.1. The molecule has 1 saturated heterocycles. The van der Waals surface area contributed by atoms with Gasteiger partial charge in [0.05, 0.1) is 11.7 Å². The van der Waals surface area contributed by atoms with Crippen molar-refractivity contribution in [3.8, 4) is 10.6 Å². The Balaban J connectivity index is 1.94. The van der Waals surface area contributed by atoms with Gasteiger partial charge >= 0.3 is 0 Å². The zero-order valence-electron chi connectivity index (χ0n) is 11.2. The highest BCUT2D eigenvalue weighted by molar-refractivity contribution is 9.10. The lowest BCUT2D eigenvalue weighted by Crippen LogP contribution is -2.12. The second kappa shape index (κ2) is 5.35. The summed E-state index contributed by atoms with van der Waals surface area (Å²) in [5.74, 6) is 0. The average Bonchev–Trinajstić information content (AvgIpc) is 3.05. The molecule has 0 spiro atoms. The van der Waals surface area contributed by atoms with E-state index in [1.807, 2.05) is 0 Å². The van der Waals surface area contributed by atoms with Crippen molar-refractivity contribution in [2.24, 2.45) is 0 Å². The molecule has 2 aromatic rings. The Bertz CT molecular complexity index is 577. The smallest absolute Gasteiger partial charge is 0.123 e. The van der Waals surface area contributed by atoms with Gasteiger partial charge in [-0.3, -0.25) is 0 Å². The molecule has 0 unspecified atom stereocenters. The molecule has 1 N–H and O–H groups in total. The van der Waals surface area contributed by atoms with Crippen LogP contribution in [0.2, 0.25) is 0 Å². The molecule has 0 saturated carbocycles. The first-order chi connectivity index (χ1) is 9.15. The fourth-order valence-corrected chi connectivity index (χ4v) is 3.68. The van der Waals surface area contributed by atoms with Gasteiger partial charge in [-0.25, -0.2) is 4.98 Å². The minimum absolute atomic E-state index is 0.461. The monoisotopic (exact) mass is 336 g/mol. The standard InChI is InChI=1S/C15H17BrN2S/c1-9-6-11(7-10(2)14(9)16)15-18-13(8-19-15)12-4-3-5-17-12/h6-8,12,17H,3-5H2,1-2H3/t12-/m0/s1. The maximum Gasteiger partial charge on any atom is 0.123 e. The minimum Gasteiger partial charge on any atom is -0.309 e. The summed E-state index contributed by atoms with van der Waals surface area (Å²) in [5.41, 5.74) is 4.97. The van der Waals surface area contributed by atoms with Crippen LogP contribution in [0.15, 0.2) is 22.0 Å². The van der Waals surface area contributed by atoms with Crippen LogP contribution < -0.4 is 5.32 Å². The van der Waals surface area contributed by atoms with Gasteiger partial charge in [0.25, 0.3) is 0 Å². The van der Waals surface area contributed by atoms with Gasteiger partial charge in [-0.1, -0.05) is 15.9 Å². The maximum absolute atomic E-state index is 4.82. The molecule has 1 aromatic carbocycles. The van der Waals surface area contributed by atoms with Gasteiger partial charge < -0.3 is 5.32 Å². The average molecular weight is 337 g/mol. The van der Waals surface area contributed by atoms with E-state index in [0.29, 0.717) is 6.04 Å². The first kappa shape index (κ1) is 13.3. The highest BCUT2D eigenvalue weighted by Gasteiger charge is 2.19. The van der Waals surface area contributed by atoms with Crippen LogP contribution in [0.5, 0.6) is 0 Å².